The molecule has 3 rings (SSSR count). The largest absolute Gasteiger partial charge is 0.340 e. The van der Waals surface area contributed by atoms with E-state index < -0.39 is 0 Å². The van der Waals surface area contributed by atoms with Gasteiger partial charge in [0.25, 0.3) is 5.91 Å². The normalized spacial score (nSPS) is 18.5. The maximum Gasteiger partial charge on any atom is 0.340 e. The van der Waals surface area contributed by atoms with Crippen LogP contribution in [0.2, 0.25) is 0 Å². The van der Waals surface area contributed by atoms with E-state index in [-0.39, 0.29) is 23.3 Å². The van der Waals surface area contributed by atoms with Gasteiger partial charge in [0, 0.05) is 24.6 Å². The number of amides is 1. The molecule has 116 valence electrons. The Morgan fingerprint density at radius 3 is 3.00 bits per heavy atom. The van der Waals surface area contributed by atoms with Crippen molar-refractivity contribution in [3.8, 4) is 0 Å². The fourth-order valence-electron chi connectivity index (χ4n) is 2.87. The van der Waals surface area contributed by atoms with Crippen molar-refractivity contribution < 1.29 is 9.18 Å². The predicted octanol–water partition coefficient (Wildman–Crippen LogP) is 1.57. The van der Waals surface area contributed by atoms with Crippen molar-refractivity contribution in [2.75, 3.05) is 13.1 Å². The number of benzene rings is 1. The molecule has 0 unspecified atom stereocenters. The number of likely N-dealkylation sites (tertiary alicyclic amines) is 1. The molecule has 1 aromatic carbocycles. The second-order valence-electron chi connectivity index (χ2n) is 5.57. The Bertz CT molecular complexity index is 752. The van der Waals surface area contributed by atoms with Gasteiger partial charge in [0.2, 0.25) is 0 Å². The number of nitrogens with zero attached hydrogens (tertiary/aromatic N) is 2. The summed E-state index contributed by atoms with van der Waals surface area (Å²) in [7, 11) is 0. The summed E-state index contributed by atoms with van der Waals surface area (Å²) in [5.41, 5.74) is 0.401. The number of nitrogens with one attached hydrogen (secondary N) is 2. The molecule has 7 heteroatoms. The SMILES string of the molecule is Cc1c(F)cccc1C(=O)N1CCC[C@H](c2n[nH]c(=O)[nH]2)C1. The summed E-state index contributed by atoms with van der Waals surface area (Å²) < 4.78 is 13.6. The quantitative estimate of drug-likeness (QED) is 0.883. The van der Waals surface area contributed by atoms with Crippen LogP contribution in [-0.2, 0) is 0 Å². The van der Waals surface area contributed by atoms with Gasteiger partial charge in [-0.05, 0) is 37.5 Å². The van der Waals surface area contributed by atoms with Gasteiger partial charge in [-0.3, -0.25) is 9.78 Å². The minimum atomic E-state index is -0.379. The van der Waals surface area contributed by atoms with Crippen LogP contribution in [0.1, 0.15) is 40.5 Å². The number of halogens is 1. The van der Waals surface area contributed by atoms with Gasteiger partial charge in [-0.25, -0.2) is 14.3 Å². The zero-order chi connectivity index (χ0) is 15.7. The number of piperidine rings is 1. The summed E-state index contributed by atoms with van der Waals surface area (Å²) in [4.78, 5) is 28.1. The molecule has 0 saturated carbocycles. The summed E-state index contributed by atoms with van der Waals surface area (Å²) >= 11 is 0. The molecule has 0 spiro atoms. The number of aromatic amines is 2. The highest BCUT2D eigenvalue weighted by atomic mass is 19.1. The van der Waals surface area contributed by atoms with E-state index in [9.17, 15) is 14.0 Å². The van der Waals surface area contributed by atoms with Crippen molar-refractivity contribution in [1.29, 1.82) is 0 Å². The van der Waals surface area contributed by atoms with Gasteiger partial charge >= 0.3 is 5.69 Å². The Balaban J connectivity index is 1.81. The molecule has 0 radical (unpaired) electrons. The van der Waals surface area contributed by atoms with Gasteiger partial charge in [-0.2, -0.15) is 5.10 Å². The molecular formula is C15H17FN4O2. The van der Waals surface area contributed by atoms with Crippen molar-refractivity contribution in [3.05, 3.63) is 51.5 Å². The molecule has 1 fully saturated rings. The van der Waals surface area contributed by atoms with Crippen LogP contribution in [0.5, 0.6) is 0 Å². The Labute approximate surface area is 126 Å². The lowest BCUT2D eigenvalue weighted by atomic mass is 9.96. The van der Waals surface area contributed by atoms with Gasteiger partial charge in [-0.1, -0.05) is 6.07 Å². The zero-order valence-corrected chi connectivity index (χ0v) is 12.2. The molecule has 1 saturated heterocycles. The van der Waals surface area contributed by atoms with Crippen molar-refractivity contribution >= 4 is 5.91 Å². The monoisotopic (exact) mass is 304 g/mol. The van der Waals surface area contributed by atoms with Crippen molar-refractivity contribution in [2.45, 2.75) is 25.7 Å². The first-order valence-corrected chi connectivity index (χ1v) is 7.25. The molecule has 2 aromatic rings. The van der Waals surface area contributed by atoms with Gasteiger partial charge in [0.15, 0.2) is 0 Å². The Kier molecular flexibility index (Phi) is 3.79. The second kappa shape index (κ2) is 5.75. The molecule has 1 amide bonds. The number of hydrogen-bond acceptors (Lipinski definition) is 3. The number of rotatable bonds is 2. The highest BCUT2D eigenvalue weighted by Crippen LogP contribution is 2.25. The maximum absolute atomic E-state index is 13.6. The average molecular weight is 304 g/mol. The summed E-state index contributed by atoms with van der Waals surface area (Å²) in [6.07, 6.45) is 1.67. The Morgan fingerprint density at radius 2 is 2.27 bits per heavy atom. The van der Waals surface area contributed by atoms with Gasteiger partial charge in [-0.15, -0.1) is 0 Å². The topological polar surface area (TPSA) is 81.8 Å². The van der Waals surface area contributed by atoms with Crippen molar-refractivity contribution in [1.82, 2.24) is 20.1 Å². The van der Waals surface area contributed by atoms with Gasteiger partial charge in [0.05, 0.1) is 0 Å². The molecule has 6 nitrogen and oxygen atoms in total. The van der Waals surface area contributed by atoms with Gasteiger partial charge in [0.1, 0.15) is 11.6 Å². The van der Waals surface area contributed by atoms with E-state index in [1.165, 1.54) is 6.07 Å². The van der Waals surface area contributed by atoms with E-state index in [4.69, 9.17) is 0 Å². The van der Waals surface area contributed by atoms with E-state index in [1.807, 2.05) is 0 Å². The smallest absolute Gasteiger partial charge is 0.338 e. The number of carbonyl (C=O) groups excluding carboxylic acids is 1. The third-order valence-corrected chi connectivity index (χ3v) is 4.11. The van der Waals surface area contributed by atoms with Crippen LogP contribution in [0.25, 0.3) is 0 Å². The lowest BCUT2D eigenvalue weighted by Gasteiger charge is -2.32. The molecule has 1 aliphatic rings. The standard InChI is InChI=1S/C15H17FN4O2/c1-9-11(5-2-6-12(9)16)14(21)20-7-3-4-10(8-20)13-17-15(22)19-18-13/h2,5-6,10H,3-4,7-8H2,1H3,(H2,17,18,19,22)/t10-/m0/s1. The Hall–Kier alpha value is -2.44. The molecule has 1 aromatic heterocycles. The average Bonchev–Trinajstić information content (AvgIpc) is 2.96. The fraction of sp³-hybridized carbons (Fsp3) is 0.400. The van der Waals surface area contributed by atoms with E-state index in [0.717, 1.165) is 12.8 Å². The minimum absolute atomic E-state index is 0.00878. The lowest BCUT2D eigenvalue weighted by Crippen LogP contribution is -2.39. The molecule has 1 atom stereocenters. The highest BCUT2D eigenvalue weighted by molar-refractivity contribution is 5.95. The minimum Gasteiger partial charge on any atom is -0.338 e. The number of H-pyrrole nitrogens is 2. The molecular weight excluding hydrogens is 287 g/mol. The highest BCUT2D eigenvalue weighted by Gasteiger charge is 2.28. The van der Waals surface area contributed by atoms with Crippen LogP contribution in [0.15, 0.2) is 23.0 Å². The van der Waals surface area contributed by atoms with Crippen LogP contribution in [0, 0.1) is 12.7 Å². The molecule has 0 aliphatic carbocycles. The summed E-state index contributed by atoms with van der Waals surface area (Å²) in [5, 5.41) is 6.29. The van der Waals surface area contributed by atoms with E-state index in [0.29, 0.717) is 30.0 Å². The van der Waals surface area contributed by atoms with E-state index >= 15 is 0 Å². The molecule has 22 heavy (non-hydrogen) atoms. The third kappa shape index (κ3) is 2.66. The number of hydrogen-bond donors (Lipinski definition) is 2. The van der Waals surface area contributed by atoms with Gasteiger partial charge < -0.3 is 4.90 Å². The van der Waals surface area contributed by atoms with Crippen molar-refractivity contribution in [3.63, 3.8) is 0 Å². The van der Waals surface area contributed by atoms with Crippen LogP contribution in [-0.4, -0.2) is 39.1 Å². The van der Waals surface area contributed by atoms with Crippen LogP contribution < -0.4 is 5.69 Å². The van der Waals surface area contributed by atoms with E-state index in [1.54, 1.807) is 24.0 Å². The first kappa shape index (κ1) is 14.5. The first-order chi connectivity index (χ1) is 10.6. The predicted molar refractivity (Wildman–Crippen MR) is 78.2 cm³/mol. The first-order valence-electron chi connectivity index (χ1n) is 7.25. The molecule has 2 N–H and O–H groups in total. The lowest BCUT2D eigenvalue weighted by molar-refractivity contribution is 0.0703. The molecule has 0 bridgehead atoms. The summed E-state index contributed by atoms with van der Waals surface area (Å²) in [6, 6.07) is 4.53. The number of aromatic nitrogens is 3. The summed E-state index contributed by atoms with van der Waals surface area (Å²) in [6.45, 7) is 2.70. The van der Waals surface area contributed by atoms with Crippen LogP contribution in [0.4, 0.5) is 4.39 Å². The van der Waals surface area contributed by atoms with Crippen molar-refractivity contribution in [2.24, 2.45) is 0 Å². The Morgan fingerprint density at radius 1 is 1.45 bits per heavy atom. The molecule has 2 heterocycles. The van der Waals surface area contributed by atoms with E-state index in [2.05, 4.69) is 15.2 Å². The van der Waals surface area contributed by atoms with Crippen LogP contribution in [0.3, 0.4) is 0 Å². The number of carbonyl (C=O) groups is 1. The zero-order valence-electron chi connectivity index (χ0n) is 12.2. The maximum atomic E-state index is 13.6. The second-order valence-corrected chi connectivity index (χ2v) is 5.57. The summed E-state index contributed by atoms with van der Waals surface area (Å²) in [5.74, 6) is -0.000368. The fourth-order valence-corrected chi connectivity index (χ4v) is 2.87. The van der Waals surface area contributed by atoms with Crippen LogP contribution >= 0.6 is 0 Å². The molecule has 1 aliphatic heterocycles. The third-order valence-electron chi connectivity index (χ3n) is 4.11.